The summed E-state index contributed by atoms with van der Waals surface area (Å²) >= 11 is 0. The summed E-state index contributed by atoms with van der Waals surface area (Å²) in [5.74, 6) is 0.247. The monoisotopic (exact) mass is 670 g/mol. The zero-order valence-electron chi connectivity index (χ0n) is 29.1. The number of fused-ring (bicyclic) bond motifs is 2. The summed E-state index contributed by atoms with van der Waals surface area (Å²) in [6, 6.07) is 0. The highest BCUT2D eigenvalue weighted by atomic mass is 16.7. The van der Waals surface area contributed by atoms with E-state index in [-0.39, 0.29) is 51.4 Å². The van der Waals surface area contributed by atoms with Crippen molar-refractivity contribution in [2.24, 2.45) is 50.7 Å². The van der Waals surface area contributed by atoms with Crippen LogP contribution in [0.15, 0.2) is 0 Å². The molecular weight excluding hydrogens is 608 g/mol. The molecule has 11 heteroatoms. The Labute approximate surface area is 279 Å². The van der Waals surface area contributed by atoms with Crippen molar-refractivity contribution >= 4 is 0 Å². The van der Waals surface area contributed by atoms with Crippen LogP contribution >= 0.6 is 0 Å². The van der Waals surface area contributed by atoms with Crippen LogP contribution in [0.2, 0.25) is 0 Å². The second-order valence-electron chi connectivity index (χ2n) is 18.2. The van der Waals surface area contributed by atoms with Gasteiger partial charge in [-0.3, -0.25) is 0 Å². The van der Waals surface area contributed by atoms with Crippen molar-refractivity contribution in [3.8, 4) is 0 Å². The van der Waals surface area contributed by atoms with E-state index >= 15 is 0 Å². The lowest BCUT2D eigenvalue weighted by atomic mass is 9.41. The first-order chi connectivity index (χ1) is 21.8. The van der Waals surface area contributed by atoms with E-state index in [4.69, 9.17) is 9.47 Å². The summed E-state index contributed by atoms with van der Waals surface area (Å²) in [7, 11) is 0. The zero-order chi connectivity index (χ0) is 34.7. The Morgan fingerprint density at radius 3 is 2.19 bits per heavy atom. The molecule has 1 saturated heterocycles. The van der Waals surface area contributed by atoms with E-state index in [0.717, 1.165) is 32.1 Å². The Hall–Kier alpha value is -0.440. The molecule has 18 atom stereocenters. The predicted molar refractivity (Wildman–Crippen MR) is 170 cm³/mol. The number of aliphatic hydroxyl groups excluding tert-OH is 8. The van der Waals surface area contributed by atoms with Gasteiger partial charge in [0.2, 0.25) is 0 Å². The molecule has 0 aromatic rings. The Morgan fingerprint density at radius 2 is 1.55 bits per heavy atom. The average Bonchev–Trinajstić information content (AvgIpc) is 3.60. The van der Waals surface area contributed by atoms with Crippen LogP contribution in [0.25, 0.3) is 0 Å². The van der Waals surface area contributed by atoms with Crippen LogP contribution in [0, 0.1) is 50.7 Å². The van der Waals surface area contributed by atoms with Crippen molar-refractivity contribution in [1.29, 1.82) is 0 Å². The van der Waals surface area contributed by atoms with Gasteiger partial charge in [-0.2, -0.15) is 0 Å². The van der Waals surface area contributed by atoms with Crippen molar-refractivity contribution in [3.63, 3.8) is 0 Å². The molecule has 0 bridgehead atoms. The molecular formula is C36H62O11. The fraction of sp³-hybridized carbons (Fsp3) is 1.00. The van der Waals surface area contributed by atoms with Crippen LogP contribution in [0.3, 0.4) is 0 Å². The Balaban J connectivity index is 1.21. The first-order valence-corrected chi connectivity index (χ1v) is 18.1. The summed E-state index contributed by atoms with van der Waals surface area (Å²) in [4.78, 5) is 0. The number of aliphatic hydroxyl groups is 9. The van der Waals surface area contributed by atoms with Crippen LogP contribution in [-0.2, 0) is 9.47 Å². The quantitative estimate of drug-likeness (QED) is 0.159. The van der Waals surface area contributed by atoms with Gasteiger partial charge in [0.15, 0.2) is 6.29 Å². The molecule has 1 aliphatic heterocycles. The van der Waals surface area contributed by atoms with Gasteiger partial charge in [-0.25, -0.2) is 0 Å². The first kappa shape index (κ1) is 36.4. The van der Waals surface area contributed by atoms with Crippen molar-refractivity contribution in [2.45, 2.75) is 160 Å². The summed E-state index contributed by atoms with van der Waals surface area (Å²) in [6.07, 6.45) is -2.38. The highest BCUT2D eigenvalue weighted by molar-refractivity contribution is 5.32. The van der Waals surface area contributed by atoms with E-state index < -0.39 is 73.2 Å². The standard InChI is InChI=1S/C36H62O11/c1-18(7-8-23(41)34(6,45)17-38)25-20(40)14-33(5)29-19(39)13-22-31(2,3)24(47-30-28(44)27(43)26(42)21(15-37)46-30)9-10-35(22)16-36(29,35)12-11-32(25,33)4/h18-30,37-45H,7-17H2,1-6H3/t18-,19+,20+,21-,22+,23?,24+,25+,26-,27+,28-,29+,30+,32-,33+,34?,35-,36+/m1/s1. The van der Waals surface area contributed by atoms with E-state index in [9.17, 15) is 46.0 Å². The minimum Gasteiger partial charge on any atom is -0.394 e. The number of hydrogen-bond acceptors (Lipinski definition) is 11. The lowest BCUT2D eigenvalue weighted by molar-refractivity contribution is -0.327. The molecule has 5 aliphatic carbocycles. The summed E-state index contributed by atoms with van der Waals surface area (Å²) in [5.41, 5.74) is -2.48. The van der Waals surface area contributed by atoms with Gasteiger partial charge in [0.25, 0.3) is 0 Å². The third-order valence-corrected chi connectivity index (χ3v) is 15.8. The third kappa shape index (κ3) is 4.99. The smallest absolute Gasteiger partial charge is 0.186 e. The maximum atomic E-state index is 12.2. The van der Waals surface area contributed by atoms with E-state index in [1.54, 1.807) is 0 Å². The summed E-state index contributed by atoms with van der Waals surface area (Å²) < 4.78 is 12.1. The molecule has 0 amide bonds. The molecule has 2 spiro atoms. The van der Waals surface area contributed by atoms with Crippen LogP contribution in [-0.4, -0.2) is 120 Å². The van der Waals surface area contributed by atoms with Gasteiger partial charge in [-0.15, -0.1) is 0 Å². The van der Waals surface area contributed by atoms with Crippen molar-refractivity contribution < 1.29 is 55.4 Å². The Morgan fingerprint density at radius 1 is 0.872 bits per heavy atom. The number of ether oxygens (including phenoxy) is 2. The number of hydrogen-bond donors (Lipinski definition) is 9. The van der Waals surface area contributed by atoms with Crippen LogP contribution in [0.5, 0.6) is 0 Å². The minimum atomic E-state index is -1.57. The van der Waals surface area contributed by atoms with E-state index in [0.29, 0.717) is 25.7 Å². The van der Waals surface area contributed by atoms with Crippen LogP contribution in [0.4, 0.5) is 0 Å². The van der Waals surface area contributed by atoms with E-state index in [1.807, 2.05) is 0 Å². The Bertz CT molecular complexity index is 1160. The van der Waals surface area contributed by atoms with E-state index in [2.05, 4.69) is 34.6 Å². The topological polar surface area (TPSA) is 201 Å². The maximum absolute atomic E-state index is 12.2. The van der Waals surface area contributed by atoms with Crippen molar-refractivity contribution in [3.05, 3.63) is 0 Å². The summed E-state index contributed by atoms with van der Waals surface area (Å²) in [5, 5.41) is 95.3. The highest BCUT2D eigenvalue weighted by Crippen LogP contribution is 2.89. The third-order valence-electron chi connectivity index (χ3n) is 15.8. The van der Waals surface area contributed by atoms with Gasteiger partial charge in [0.1, 0.15) is 30.0 Å². The van der Waals surface area contributed by atoms with Crippen LogP contribution in [0.1, 0.15) is 99.3 Å². The normalized spacial score (nSPS) is 54.3. The molecule has 1 heterocycles. The predicted octanol–water partition coefficient (Wildman–Crippen LogP) is 1.07. The fourth-order valence-corrected chi connectivity index (χ4v) is 13.0. The lowest BCUT2D eigenvalue weighted by Gasteiger charge is -2.64. The minimum absolute atomic E-state index is 0.0186. The molecule has 6 fully saturated rings. The molecule has 6 aliphatic rings. The van der Waals surface area contributed by atoms with Gasteiger partial charge < -0.3 is 55.4 Å². The van der Waals surface area contributed by atoms with Crippen molar-refractivity contribution in [1.82, 2.24) is 0 Å². The van der Waals surface area contributed by atoms with Gasteiger partial charge in [0, 0.05) is 0 Å². The molecule has 0 aromatic carbocycles. The van der Waals surface area contributed by atoms with Gasteiger partial charge >= 0.3 is 0 Å². The molecule has 47 heavy (non-hydrogen) atoms. The van der Waals surface area contributed by atoms with Crippen LogP contribution < -0.4 is 0 Å². The first-order valence-electron chi connectivity index (χ1n) is 18.1. The molecule has 9 N–H and O–H groups in total. The molecule has 0 radical (unpaired) electrons. The van der Waals surface area contributed by atoms with Crippen molar-refractivity contribution in [2.75, 3.05) is 13.2 Å². The Kier molecular flexibility index (Phi) is 9.13. The van der Waals surface area contributed by atoms with E-state index in [1.165, 1.54) is 6.92 Å². The molecule has 6 rings (SSSR count). The second kappa shape index (κ2) is 11.8. The number of rotatable bonds is 9. The molecule has 272 valence electrons. The van der Waals surface area contributed by atoms with Gasteiger partial charge in [-0.05, 0) is 115 Å². The van der Waals surface area contributed by atoms with Gasteiger partial charge in [0.05, 0.1) is 37.6 Å². The molecule has 2 unspecified atom stereocenters. The molecule has 0 aromatic heterocycles. The van der Waals surface area contributed by atoms with Gasteiger partial charge in [-0.1, -0.05) is 34.6 Å². The largest absolute Gasteiger partial charge is 0.394 e. The highest BCUT2D eigenvalue weighted by Gasteiger charge is 2.84. The summed E-state index contributed by atoms with van der Waals surface area (Å²) in [6.45, 7) is 11.5. The zero-order valence-corrected chi connectivity index (χ0v) is 29.1. The lowest BCUT2D eigenvalue weighted by Crippen LogP contribution is -2.63. The fourth-order valence-electron chi connectivity index (χ4n) is 13.0. The average molecular weight is 671 g/mol. The molecule has 11 nitrogen and oxygen atoms in total. The molecule has 5 saturated carbocycles. The second-order valence-corrected chi connectivity index (χ2v) is 18.2. The maximum Gasteiger partial charge on any atom is 0.186 e. The SMILES string of the molecule is C[C@H](CCC(O)C(C)(O)CO)[C@H]1[C@@H](O)C[C@@]2(C)[C@@H]3[C@@H](O)C[C@H]4C(C)(C)[C@@H](O[C@@H]5O[C@H](CO)[C@@H](O)[C@H](O)[C@H]5O)CC[C@@]45C[C@@]35CC[C@]12C.